The quantitative estimate of drug-likeness (QED) is 0.885. The number of carboxylic acids is 1. The Bertz CT molecular complexity index is 731. The van der Waals surface area contributed by atoms with Gasteiger partial charge in [0.25, 0.3) is 0 Å². The molecule has 0 spiro atoms. The third-order valence-electron chi connectivity index (χ3n) is 3.94. The van der Waals surface area contributed by atoms with Crippen LogP contribution in [-0.2, 0) is 4.79 Å². The monoisotopic (exact) mass is 295 g/mol. The fourth-order valence-electron chi connectivity index (χ4n) is 2.74. The van der Waals surface area contributed by atoms with E-state index >= 15 is 0 Å². The number of anilines is 1. The average Bonchev–Trinajstić information content (AvgIpc) is 2.94. The van der Waals surface area contributed by atoms with Gasteiger partial charge < -0.3 is 5.11 Å². The van der Waals surface area contributed by atoms with Crippen molar-refractivity contribution < 1.29 is 14.5 Å². The van der Waals surface area contributed by atoms with E-state index in [4.69, 9.17) is 0 Å². The lowest BCUT2D eigenvalue weighted by molar-refractivity contribution is -0.428. The van der Waals surface area contributed by atoms with E-state index in [0.29, 0.717) is 18.9 Å². The van der Waals surface area contributed by atoms with E-state index in [1.807, 2.05) is 71.9 Å². The second-order valence-corrected chi connectivity index (χ2v) is 5.60. The van der Waals surface area contributed by atoms with Crippen LogP contribution in [0.1, 0.15) is 11.1 Å². The third kappa shape index (κ3) is 2.60. The molecule has 0 atom stereocenters. The minimum Gasteiger partial charge on any atom is -0.472 e. The SMILES string of the molecule is Cc1ccc(N2CC[N+](c3ccc(C)cc3)=C2C(=O)O)cc1. The Kier molecular flexibility index (Phi) is 3.67. The van der Waals surface area contributed by atoms with E-state index in [0.717, 1.165) is 22.5 Å². The Balaban J connectivity index is 2.05. The second-order valence-electron chi connectivity index (χ2n) is 5.60. The summed E-state index contributed by atoms with van der Waals surface area (Å²) >= 11 is 0. The van der Waals surface area contributed by atoms with Crippen molar-refractivity contribution in [1.29, 1.82) is 0 Å². The van der Waals surface area contributed by atoms with Crippen LogP contribution in [0.25, 0.3) is 0 Å². The first-order valence-corrected chi connectivity index (χ1v) is 7.35. The number of carbonyl (C=O) groups is 1. The van der Waals surface area contributed by atoms with Crippen LogP contribution < -0.4 is 4.90 Å². The predicted molar refractivity (Wildman–Crippen MR) is 87.1 cm³/mol. The van der Waals surface area contributed by atoms with Crippen molar-refractivity contribution in [3.63, 3.8) is 0 Å². The second kappa shape index (κ2) is 5.64. The summed E-state index contributed by atoms with van der Waals surface area (Å²) in [6, 6.07) is 15.9. The van der Waals surface area contributed by atoms with E-state index < -0.39 is 5.97 Å². The summed E-state index contributed by atoms with van der Waals surface area (Å²) in [5.74, 6) is -0.591. The van der Waals surface area contributed by atoms with Crippen molar-refractivity contribution in [2.24, 2.45) is 0 Å². The lowest BCUT2D eigenvalue weighted by Gasteiger charge is -2.10. The maximum absolute atomic E-state index is 11.8. The van der Waals surface area contributed by atoms with Gasteiger partial charge in [-0.1, -0.05) is 35.4 Å². The fraction of sp³-hybridized carbons (Fsp3) is 0.222. The lowest BCUT2D eigenvalue weighted by Crippen LogP contribution is -2.35. The Morgan fingerprint density at radius 3 is 2.09 bits per heavy atom. The summed E-state index contributed by atoms with van der Waals surface area (Å²) in [6.07, 6.45) is 0. The molecule has 1 aliphatic heterocycles. The highest BCUT2D eigenvalue weighted by molar-refractivity contribution is 6.38. The molecule has 2 aromatic carbocycles. The smallest absolute Gasteiger partial charge is 0.419 e. The van der Waals surface area contributed by atoms with E-state index in [1.165, 1.54) is 0 Å². The molecule has 4 heteroatoms. The van der Waals surface area contributed by atoms with Gasteiger partial charge in [-0.2, -0.15) is 0 Å². The zero-order chi connectivity index (χ0) is 15.7. The van der Waals surface area contributed by atoms with Crippen LogP contribution >= 0.6 is 0 Å². The molecule has 0 unspecified atom stereocenters. The molecule has 0 saturated carbocycles. The molecule has 3 rings (SSSR count). The summed E-state index contributed by atoms with van der Waals surface area (Å²) in [5, 5.41) is 9.67. The zero-order valence-corrected chi connectivity index (χ0v) is 12.8. The molecule has 1 heterocycles. The van der Waals surface area contributed by atoms with Crippen LogP contribution in [0.15, 0.2) is 48.5 Å². The van der Waals surface area contributed by atoms with Gasteiger partial charge >= 0.3 is 11.8 Å². The number of hydrogen-bond acceptors (Lipinski definition) is 2. The van der Waals surface area contributed by atoms with Gasteiger partial charge in [0, 0.05) is 0 Å². The van der Waals surface area contributed by atoms with Gasteiger partial charge in [0.1, 0.15) is 24.5 Å². The molecule has 0 bridgehead atoms. The van der Waals surface area contributed by atoms with Gasteiger partial charge in [-0.3, -0.25) is 0 Å². The van der Waals surface area contributed by atoms with E-state index in [-0.39, 0.29) is 0 Å². The number of hydrogen-bond donors (Lipinski definition) is 1. The molecule has 0 aliphatic carbocycles. The molecule has 0 radical (unpaired) electrons. The number of carboxylic acid groups (broad SMARTS) is 1. The van der Waals surface area contributed by atoms with Gasteiger partial charge in [-0.25, -0.2) is 14.3 Å². The number of nitrogens with zero attached hydrogens (tertiary/aromatic N) is 2. The summed E-state index contributed by atoms with van der Waals surface area (Å²) in [7, 11) is 0. The van der Waals surface area contributed by atoms with Crippen molar-refractivity contribution in [2.45, 2.75) is 13.8 Å². The Morgan fingerprint density at radius 2 is 1.55 bits per heavy atom. The van der Waals surface area contributed by atoms with Crippen molar-refractivity contribution in [1.82, 2.24) is 0 Å². The molecular weight excluding hydrogens is 276 g/mol. The third-order valence-corrected chi connectivity index (χ3v) is 3.94. The molecule has 1 aliphatic rings. The molecule has 1 N–H and O–H groups in total. The van der Waals surface area contributed by atoms with Gasteiger partial charge in [-0.05, 0) is 38.1 Å². The standard InChI is InChI=1S/C18H18N2O2/c1-13-3-7-15(8-4-13)19-11-12-20(17(19)18(21)22)16-9-5-14(2)6-10-16/h3-10H,11-12H2,1-2H3/p+1. The maximum atomic E-state index is 11.8. The van der Waals surface area contributed by atoms with Gasteiger partial charge in [0.2, 0.25) is 0 Å². The first-order valence-electron chi connectivity index (χ1n) is 7.35. The van der Waals surface area contributed by atoms with Crippen LogP contribution in [-0.4, -0.2) is 34.6 Å². The van der Waals surface area contributed by atoms with Crippen molar-refractivity contribution in [3.05, 3.63) is 59.7 Å². The fourth-order valence-corrected chi connectivity index (χ4v) is 2.74. The highest BCUT2D eigenvalue weighted by Gasteiger charge is 2.38. The van der Waals surface area contributed by atoms with Gasteiger partial charge in [0.15, 0.2) is 0 Å². The van der Waals surface area contributed by atoms with Crippen LogP contribution in [0, 0.1) is 13.8 Å². The first kappa shape index (κ1) is 14.3. The lowest BCUT2D eigenvalue weighted by atomic mass is 10.2. The minimum absolute atomic E-state index is 0.313. The summed E-state index contributed by atoms with van der Waals surface area (Å²) < 4.78 is 1.86. The number of rotatable bonds is 3. The summed E-state index contributed by atoms with van der Waals surface area (Å²) in [5.41, 5.74) is 4.15. The Morgan fingerprint density at radius 1 is 1.00 bits per heavy atom. The number of aryl methyl sites for hydroxylation is 2. The van der Waals surface area contributed by atoms with E-state index in [1.54, 1.807) is 0 Å². The molecule has 0 saturated heterocycles. The summed E-state index contributed by atoms with van der Waals surface area (Å²) in [6.45, 7) is 5.37. The Labute approximate surface area is 129 Å². The van der Waals surface area contributed by atoms with Crippen molar-refractivity contribution >= 4 is 23.2 Å². The highest BCUT2D eigenvalue weighted by atomic mass is 16.4. The molecular formula is C18H19N2O2+. The van der Waals surface area contributed by atoms with E-state index in [9.17, 15) is 9.90 Å². The van der Waals surface area contributed by atoms with Crippen LogP contribution in [0.2, 0.25) is 0 Å². The molecule has 112 valence electrons. The molecule has 0 amide bonds. The number of amidine groups is 1. The molecule has 0 fully saturated rings. The molecule has 2 aromatic rings. The van der Waals surface area contributed by atoms with Crippen molar-refractivity contribution in [3.8, 4) is 0 Å². The van der Waals surface area contributed by atoms with Gasteiger partial charge in [-0.15, -0.1) is 0 Å². The topological polar surface area (TPSA) is 43.5 Å². The maximum Gasteiger partial charge on any atom is 0.419 e. The number of aliphatic carboxylic acids is 1. The largest absolute Gasteiger partial charge is 0.472 e. The van der Waals surface area contributed by atoms with Crippen LogP contribution in [0.4, 0.5) is 11.4 Å². The Hall–Kier alpha value is -2.62. The summed E-state index contributed by atoms with van der Waals surface area (Å²) in [4.78, 5) is 13.6. The first-order chi connectivity index (χ1) is 10.6. The van der Waals surface area contributed by atoms with Gasteiger partial charge in [0.05, 0.1) is 0 Å². The number of benzene rings is 2. The minimum atomic E-state index is -0.904. The highest BCUT2D eigenvalue weighted by Crippen LogP contribution is 2.23. The van der Waals surface area contributed by atoms with Crippen molar-refractivity contribution in [2.75, 3.05) is 18.0 Å². The van der Waals surface area contributed by atoms with Crippen LogP contribution in [0.3, 0.4) is 0 Å². The van der Waals surface area contributed by atoms with E-state index in [2.05, 4.69) is 0 Å². The molecule has 0 aromatic heterocycles. The van der Waals surface area contributed by atoms with Crippen LogP contribution in [0.5, 0.6) is 0 Å². The molecule has 22 heavy (non-hydrogen) atoms. The molecule has 4 nitrogen and oxygen atoms in total. The zero-order valence-electron chi connectivity index (χ0n) is 12.8. The predicted octanol–water partition coefficient (Wildman–Crippen LogP) is 2.95. The average molecular weight is 295 g/mol. The normalized spacial score (nSPS) is 14.5.